The van der Waals surface area contributed by atoms with Crippen LogP contribution in [0, 0.1) is 0 Å². The van der Waals surface area contributed by atoms with Gasteiger partial charge in [0.05, 0.1) is 58.8 Å². The van der Waals surface area contributed by atoms with Gasteiger partial charge < -0.3 is 30.7 Å². The molecule has 66 heavy (non-hydrogen) atoms. The van der Waals surface area contributed by atoms with Gasteiger partial charge in [-0.2, -0.15) is 52.7 Å². The Kier molecular flexibility index (Phi) is 16.0. The van der Waals surface area contributed by atoms with Crippen molar-refractivity contribution in [2.24, 2.45) is 0 Å². The van der Waals surface area contributed by atoms with Crippen molar-refractivity contribution < 1.29 is 71.7 Å². The summed E-state index contributed by atoms with van der Waals surface area (Å²) in [6.45, 7) is 6.45. The summed E-state index contributed by atoms with van der Waals surface area (Å²) in [5.74, 6) is -0.410. The first-order valence-electron chi connectivity index (χ1n) is 20.6. The van der Waals surface area contributed by atoms with Crippen molar-refractivity contribution in [2.45, 2.75) is 101 Å². The second-order valence-electron chi connectivity index (χ2n) is 16.4. The number of carbonyl (C=O) groups is 2. The fraction of sp³-hybridized carbons (Fsp3) is 0.435. The SMILES string of the molecule is CC(=O)N[C@@H]1CN[C@](CO[C@H](C)c2cc(C(F)(F)F)cc(C(F)(F)F)c2)(c2ccccc2)C1.CC(=O)N[C@H]1CN[C@](CO[C@H](C)c2cc(C(F)(F)F)cc(C(F)(F)F)c2)(c2ccccc2)C1. The van der Waals surface area contributed by atoms with Crippen molar-refractivity contribution in [3.63, 3.8) is 0 Å². The molecule has 0 spiro atoms. The minimum absolute atomic E-state index is 0.0220. The van der Waals surface area contributed by atoms with Gasteiger partial charge >= 0.3 is 24.7 Å². The summed E-state index contributed by atoms with van der Waals surface area (Å²) >= 11 is 0. The average molecular weight is 949 g/mol. The van der Waals surface area contributed by atoms with Gasteiger partial charge in [0.2, 0.25) is 11.8 Å². The molecule has 6 rings (SSSR count). The van der Waals surface area contributed by atoms with Crippen LogP contribution in [-0.2, 0) is 54.8 Å². The normalized spacial score (nSPS) is 22.2. The Morgan fingerprint density at radius 1 is 0.545 bits per heavy atom. The van der Waals surface area contributed by atoms with Crippen LogP contribution in [-0.4, -0.2) is 50.2 Å². The van der Waals surface area contributed by atoms with E-state index in [1.54, 1.807) is 0 Å². The third kappa shape index (κ3) is 13.5. The summed E-state index contributed by atoms with van der Waals surface area (Å²) in [6.07, 6.45) is -20.9. The fourth-order valence-corrected chi connectivity index (χ4v) is 8.04. The molecule has 0 saturated carbocycles. The Labute approximate surface area is 372 Å². The molecule has 2 aliphatic heterocycles. The lowest BCUT2D eigenvalue weighted by Gasteiger charge is -2.32. The van der Waals surface area contributed by atoms with Gasteiger partial charge in [0, 0.05) is 39.0 Å². The summed E-state index contributed by atoms with van der Waals surface area (Å²) in [5, 5.41) is 12.3. The molecule has 8 nitrogen and oxygen atoms in total. The van der Waals surface area contributed by atoms with Crippen LogP contribution < -0.4 is 21.3 Å². The van der Waals surface area contributed by atoms with Crippen molar-refractivity contribution in [1.82, 2.24) is 21.3 Å². The number of ether oxygens (including phenoxy) is 2. The number of hydrogen-bond donors (Lipinski definition) is 4. The lowest BCUT2D eigenvalue weighted by atomic mass is 9.88. The van der Waals surface area contributed by atoms with Crippen LogP contribution in [0.15, 0.2) is 97.1 Å². The molecule has 2 fully saturated rings. The number of benzene rings is 4. The summed E-state index contributed by atoms with van der Waals surface area (Å²) in [4.78, 5) is 22.9. The van der Waals surface area contributed by atoms with Crippen molar-refractivity contribution in [3.05, 3.63) is 142 Å². The zero-order valence-corrected chi connectivity index (χ0v) is 36.0. The molecule has 0 unspecified atom stereocenters. The van der Waals surface area contributed by atoms with Crippen LogP contribution in [0.4, 0.5) is 52.7 Å². The van der Waals surface area contributed by atoms with Crippen LogP contribution in [0.25, 0.3) is 0 Å². The molecule has 360 valence electrons. The number of alkyl halides is 12. The molecule has 0 aromatic heterocycles. The fourth-order valence-electron chi connectivity index (χ4n) is 8.04. The standard InChI is InChI=1S/2C23H24F6N2O2/c2*1-14(16-8-18(22(24,25)26)10-19(9-16)23(27,28)29)33-13-21(17-6-4-3-5-7-17)11-20(12-30-21)31-15(2)32/h2*3-10,14,20,30H,11-13H2,1-2H3,(H,31,32)/t14-,20+,21-;14-,20-,21-/m11/s1. The molecule has 4 N–H and O–H groups in total. The minimum atomic E-state index is -4.93. The quantitative estimate of drug-likeness (QED) is 0.106. The number of amides is 2. The van der Waals surface area contributed by atoms with E-state index in [9.17, 15) is 62.3 Å². The lowest BCUT2D eigenvalue weighted by molar-refractivity contribution is -0.144. The van der Waals surface area contributed by atoms with E-state index in [1.165, 1.54) is 27.7 Å². The molecule has 2 aliphatic rings. The van der Waals surface area contributed by atoms with Crippen LogP contribution in [0.1, 0.15) is 97.3 Å². The van der Waals surface area contributed by atoms with Crippen LogP contribution in [0.3, 0.4) is 0 Å². The third-order valence-electron chi connectivity index (χ3n) is 11.3. The van der Waals surface area contributed by atoms with E-state index in [0.717, 1.165) is 11.1 Å². The second kappa shape index (κ2) is 20.4. The largest absolute Gasteiger partial charge is 0.416 e. The Morgan fingerprint density at radius 3 is 1.09 bits per heavy atom. The van der Waals surface area contributed by atoms with Crippen LogP contribution in [0.2, 0.25) is 0 Å². The highest BCUT2D eigenvalue weighted by Crippen LogP contribution is 2.41. The summed E-state index contributed by atoms with van der Waals surface area (Å²) in [5.41, 5.74) is -5.84. The van der Waals surface area contributed by atoms with E-state index in [4.69, 9.17) is 9.47 Å². The van der Waals surface area contributed by atoms with Gasteiger partial charge in [-0.3, -0.25) is 9.59 Å². The predicted octanol–water partition coefficient (Wildman–Crippen LogP) is 10.4. The van der Waals surface area contributed by atoms with Gasteiger partial charge in [-0.1, -0.05) is 60.7 Å². The number of halogens is 12. The van der Waals surface area contributed by atoms with Crippen LogP contribution >= 0.6 is 0 Å². The van der Waals surface area contributed by atoms with Gasteiger partial charge in [-0.15, -0.1) is 0 Å². The first kappa shape index (κ1) is 51.8. The highest BCUT2D eigenvalue weighted by atomic mass is 19.4. The minimum Gasteiger partial charge on any atom is -0.372 e. The first-order valence-corrected chi connectivity index (χ1v) is 20.6. The monoisotopic (exact) mass is 948 g/mol. The molecular weight excluding hydrogens is 901 g/mol. The third-order valence-corrected chi connectivity index (χ3v) is 11.3. The summed E-state index contributed by atoms with van der Waals surface area (Å²) in [6, 6.07) is 20.8. The zero-order valence-electron chi connectivity index (χ0n) is 36.0. The zero-order chi connectivity index (χ0) is 48.9. The van der Waals surface area contributed by atoms with Gasteiger partial charge in [-0.25, -0.2) is 0 Å². The Balaban J connectivity index is 0.000000247. The second-order valence-corrected chi connectivity index (χ2v) is 16.4. The Morgan fingerprint density at radius 2 is 0.833 bits per heavy atom. The topological polar surface area (TPSA) is 101 Å². The van der Waals surface area contributed by atoms with Crippen molar-refractivity contribution in [3.8, 4) is 0 Å². The molecule has 4 aromatic rings. The first-order chi connectivity index (χ1) is 30.6. The van der Waals surface area contributed by atoms with Crippen LogP contribution in [0.5, 0.6) is 0 Å². The van der Waals surface area contributed by atoms with E-state index < -0.39 is 70.2 Å². The van der Waals surface area contributed by atoms with Gasteiger partial charge in [-0.05, 0) is 85.3 Å². The van der Waals surface area contributed by atoms with Gasteiger partial charge in [0.25, 0.3) is 0 Å². The Hall–Kier alpha value is -5.18. The van der Waals surface area contributed by atoms with Crippen molar-refractivity contribution in [1.29, 1.82) is 0 Å². The number of hydrogen-bond acceptors (Lipinski definition) is 6. The van der Waals surface area contributed by atoms with E-state index in [0.29, 0.717) is 50.2 Å². The average Bonchev–Trinajstić information content (AvgIpc) is 3.85. The predicted molar refractivity (Wildman–Crippen MR) is 218 cm³/mol. The molecule has 20 heteroatoms. The molecule has 2 amide bonds. The molecule has 2 heterocycles. The molecule has 2 saturated heterocycles. The maximum Gasteiger partial charge on any atom is 0.416 e. The van der Waals surface area contributed by atoms with E-state index >= 15 is 0 Å². The van der Waals surface area contributed by atoms with Crippen molar-refractivity contribution >= 4 is 11.8 Å². The molecule has 6 atom stereocenters. The molecule has 0 bridgehead atoms. The molecule has 0 radical (unpaired) electrons. The van der Waals surface area contributed by atoms with E-state index in [1.807, 2.05) is 60.7 Å². The smallest absolute Gasteiger partial charge is 0.372 e. The molecular formula is C46H48F12N4O4. The maximum atomic E-state index is 13.2. The van der Waals surface area contributed by atoms with Crippen molar-refractivity contribution in [2.75, 3.05) is 26.3 Å². The number of carbonyl (C=O) groups excluding carboxylic acids is 2. The van der Waals surface area contributed by atoms with E-state index in [2.05, 4.69) is 21.3 Å². The van der Waals surface area contributed by atoms with E-state index in [-0.39, 0.29) is 60.4 Å². The number of nitrogens with one attached hydrogen (secondary N) is 4. The molecule has 0 aliphatic carbocycles. The number of rotatable bonds is 12. The highest BCUT2D eigenvalue weighted by molar-refractivity contribution is 5.73. The molecule has 4 aromatic carbocycles. The summed E-state index contributed by atoms with van der Waals surface area (Å²) < 4.78 is 170. The lowest BCUT2D eigenvalue weighted by Crippen LogP contribution is -2.41. The Bertz CT molecular complexity index is 2050. The maximum absolute atomic E-state index is 13.2. The summed E-state index contributed by atoms with van der Waals surface area (Å²) in [7, 11) is 0. The highest BCUT2D eigenvalue weighted by Gasteiger charge is 2.44. The van der Waals surface area contributed by atoms with Gasteiger partial charge in [0.1, 0.15) is 0 Å². The van der Waals surface area contributed by atoms with Gasteiger partial charge in [0.15, 0.2) is 0 Å².